The van der Waals surface area contributed by atoms with Crippen LogP contribution in [0.1, 0.15) is 31.4 Å². The van der Waals surface area contributed by atoms with Crippen molar-refractivity contribution in [3.63, 3.8) is 0 Å². The van der Waals surface area contributed by atoms with E-state index in [9.17, 15) is 0 Å². The lowest BCUT2D eigenvalue weighted by Gasteiger charge is -2.21. The van der Waals surface area contributed by atoms with Crippen LogP contribution in [0.2, 0.25) is 0 Å². The van der Waals surface area contributed by atoms with Gasteiger partial charge in [0, 0.05) is 13.1 Å². The summed E-state index contributed by atoms with van der Waals surface area (Å²) in [5, 5.41) is 0. The Bertz CT molecular complexity index is 322. The summed E-state index contributed by atoms with van der Waals surface area (Å²) in [6.07, 6.45) is 2.22. The summed E-state index contributed by atoms with van der Waals surface area (Å²) in [4.78, 5) is 2.41. The van der Waals surface area contributed by atoms with E-state index in [-0.39, 0.29) is 0 Å². The Kier molecular flexibility index (Phi) is 6.23. The molecule has 2 nitrogen and oxygen atoms in total. The SMILES string of the molecule is CCC(C)CN(C)Cc1ccccc1CCN. The highest BCUT2D eigenvalue weighted by Gasteiger charge is 2.07. The van der Waals surface area contributed by atoms with Gasteiger partial charge in [0.25, 0.3) is 0 Å². The Morgan fingerprint density at radius 3 is 2.47 bits per heavy atom. The van der Waals surface area contributed by atoms with Crippen LogP contribution in [0.15, 0.2) is 24.3 Å². The predicted octanol–water partition coefficient (Wildman–Crippen LogP) is 2.67. The van der Waals surface area contributed by atoms with E-state index in [1.165, 1.54) is 17.5 Å². The highest BCUT2D eigenvalue weighted by atomic mass is 15.1. The van der Waals surface area contributed by atoms with E-state index in [1.54, 1.807) is 0 Å². The summed E-state index contributed by atoms with van der Waals surface area (Å²) in [5.74, 6) is 0.765. The van der Waals surface area contributed by atoms with Crippen molar-refractivity contribution in [3.05, 3.63) is 35.4 Å². The number of benzene rings is 1. The van der Waals surface area contributed by atoms with Crippen molar-refractivity contribution in [3.8, 4) is 0 Å². The van der Waals surface area contributed by atoms with Crippen LogP contribution >= 0.6 is 0 Å². The summed E-state index contributed by atoms with van der Waals surface area (Å²) in [7, 11) is 2.20. The molecule has 1 rings (SSSR count). The Morgan fingerprint density at radius 1 is 1.24 bits per heavy atom. The fourth-order valence-corrected chi connectivity index (χ4v) is 2.13. The molecule has 0 heterocycles. The molecule has 2 N–H and O–H groups in total. The van der Waals surface area contributed by atoms with Gasteiger partial charge in [0.05, 0.1) is 0 Å². The van der Waals surface area contributed by atoms with Crippen molar-refractivity contribution in [2.24, 2.45) is 11.7 Å². The molecule has 0 amide bonds. The van der Waals surface area contributed by atoms with Crippen LogP contribution in [-0.4, -0.2) is 25.0 Å². The molecule has 0 aromatic heterocycles. The average Bonchev–Trinajstić information content (AvgIpc) is 2.31. The molecular weight excluding hydrogens is 208 g/mol. The summed E-state index contributed by atoms with van der Waals surface area (Å²) in [6, 6.07) is 8.63. The summed E-state index contributed by atoms with van der Waals surface area (Å²) >= 11 is 0. The van der Waals surface area contributed by atoms with Gasteiger partial charge in [0.15, 0.2) is 0 Å². The van der Waals surface area contributed by atoms with Gasteiger partial charge >= 0.3 is 0 Å². The first-order valence-electron chi connectivity index (χ1n) is 6.62. The van der Waals surface area contributed by atoms with Crippen molar-refractivity contribution < 1.29 is 0 Å². The second kappa shape index (κ2) is 7.46. The molecule has 1 aromatic carbocycles. The first kappa shape index (κ1) is 14.2. The first-order valence-corrected chi connectivity index (χ1v) is 6.62. The summed E-state index contributed by atoms with van der Waals surface area (Å²) < 4.78 is 0. The maximum atomic E-state index is 5.65. The van der Waals surface area contributed by atoms with Crippen molar-refractivity contribution >= 4 is 0 Å². The maximum Gasteiger partial charge on any atom is 0.0233 e. The molecule has 0 saturated carbocycles. The normalized spacial score (nSPS) is 13.0. The van der Waals surface area contributed by atoms with E-state index < -0.39 is 0 Å². The third-order valence-electron chi connectivity index (χ3n) is 3.29. The van der Waals surface area contributed by atoms with Crippen molar-refractivity contribution in [1.82, 2.24) is 4.90 Å². The quantitative estimate of drug-likeness (QED) is 0.786. The van der Waals surface area contributed by atoms with Gasteiger partial charge in [0.1, 0.15) is 0 Å². The Hall–Kier alpha value is -0.860. The second-order valence-corrected chi connectivity index (χ2v) is 5.02. The molecule has 1 unspecified atom stereocenters. The molecular formula is C15H26N2. The molecule has 17 heavy (non-hydrogen) atoms. The Balaban J connectivity index is 2.60. The lowest BCUT2D eigenvalue weighted by Crippen LogP contribution is -2.24. The highest BCUT2D eigenvalue weighted by Crippen LogP contribution is 2.13. The molecule has 0 bridgehead atoms. The van der Waals surface area contributed by atoms with E-state index in [0.29, 0.717) is 0 Å². The van der Waals surface area contributed by atoms with Gasteiger partial charge in [-0.15, -0.1) is 0 Å². The Morgan fingerprint density at radius 2 is 1.88 bits per heavy atom. The molecule has 1 atom stereocenters. The van der Waals surface area contributed by atoms with Gasteiger partial charge < -0.3 is 10.6 Å². The van der Waals surface area contributed by atoms with Crippen LogP contribution in [0, 0.1) is 5.92 Å². The number of rotatable bonds is 7. The highest BCUT2D eigenvalue weighted by molar-refractivity contribution is 5.27. The third-order valence-corrected chi connectivity index (χ3v) is 3.29. The minimum Gasteiger partial charge on any atom is -0.330 e. The van der Waals surface area contributed by atoms with Crippen LogP contribution in [0.4, 0.5) is 0 Å². The third kappa shape index (κ3) is 4.88. The van der Waals surface area contributed by atoms with Gasteiger partial charge in [-0.3, -0.25) is 0 Å². The summed E-state index contributed by atoms with van der Waals surface area (Å²) in [5.41, 5.74) is 8.46. The van der Waals surface area contributed by atoms with Crippen molar-refractivity contribution in [2.75, 3.05) is 20.1 Å². The van der Waals surface area contributed by atoms with E-state index >= 15 is 0 Å². The fourth-order valence-electron chi connectivity index (χ4n) is 2.13. The van der Waals surface area contributed by atoms with Gasteiger partial charge in [-0.25, -0.2) is 0 Å². The van der Waals surface area contributed by atoms with Crippen molar-refractivity contribution in [1.29, 1.82) is 0 Å². The molecule has 0 spiro atoms. The zero-order chi connectivity index (χ0) is 12.7. The van der Waals surface area contributed by atoms with Gasteiger partial charge in [0.2, 0.25) is 0 Å². The topological polar surface area (TPSA) is 29.3 Å². The Labute approximate surface area is 106 Å². The fraction of sp³-hybridized carbons (Fsp3) is 0.600. The molecule has 0 radical (unpaired) electrons. The molecule has 0 aliphatic heterocycles. The molecule has 0 aliphatic rings. The average molecular weight is 234 g/mol. The van der Waals surface area contributed by atoms with Crippen molar-refractivity contribution in [2.45, 2.75) is 33.2 Å². The van der Waals surface area contributed by atoms with E-state index in [2.05, 4.69) is 50.1 Å². The smallest absolute Gasteiger partial charge is 0.0233 e. The second-order valence-electron chi connectivity index (χ2n) is 5.02. The van der Waals surface area contributed by atoms with E-state index in [0.717, 1.165) is 32.0 Å². The minimum atomic E-state index is 0.728. The number of nitrogens with zero attached hydrogens (tertiary/aromatic N) is 1. The zero-order valence-electron chi connectivity index (χ0n) is 11.4. The minimum absolute atomic E-state index is 0.728. The largest absolute Gasteiger partial charge is 0.330 e. The number of hydrogen-bond donors (Lipinski definition) is 1. The van der Waals surface area contributed by atoms with Crippen LogP contribution in [0.25, 0.3) is 0 Å². The van der Waals surface area contributed by atoms with Gasteiger partial charge in [-0.2, -0.15) is 0 Å². The maximum absolute atomic E-state index is 5.65. The zero-order valence-corrected chi connectivity index (χ0v) is 11.4. The molecule has 96 valence electrons. The van der Waals surface area contributed by atoms with Crippen LogP contribution < -0.4 is 5.73 Å². The van der Waals surface area contributed by atoms with E-state index in [1.807, 2.05) is 0 Å². The standard InChI is InChI=1S/C15H26N2/c1-4-13(2)11-17(3)12-15-8-6-5-7-14(15)9-10-16/h5-8,13H,4,9-12,16H2,1-3H3. The predicted molar refractivity (Wildman–Crippen MR) is 75.0 cm³/mol. The van der Waals surface area contributed by atoms with Gasteiger partial charge in [-0.1, -0.05) is 44.5 Å². The molecule has 0 saturated heterocycles. The van der Waals surface area contributed by atoms with Gasteiger partial charge in [-0.05, 0) is 37.1 Å². The summed E-state index contributed by atoms with van der Waals surface area (Å²) in [6.45, 7) is 7.48. The number of hydrogen-bond acceptors (Lipinski definition) is 2. The molecule has 0 aliphatic carbocycles. The lowest BCUT2D eigenvalue weighted by atomic mass is 10.0. The molecule has 0 fully saturated rings. The molecule has 1 aromatic rings. The van der Waals surface area contributed by atoms with Crippen LogP contribution in [0.5, 0.6) is 0 Å². The lowest BCUT2D eigenvalue weighted by molar-refractivity contribution is 0.274. The van der Waals surface area contributed by atoms with E-state index in [4.69, 9.17) is 5.73 Å². The first-order chi connectivity index (χ1) is 8.17. The molecule has 2 heteroatoms. The van der Waals surface area contributed by atoms with Crippen LogP contribution in [-0.2, 0) is 13.0 Å². The monoisotopic (exact) mass is 234 g/mol. The number of nitrogens with two attached hydrogens (primary N) is 1. The van der Waals surface area contributed by atoms with Crippen LogP contribution in [0.3, 0.4) is 0 Å².